The fourth-order valence-corrected chi connectivity index (χ4v) is 4.99. The van der Waals surface area contributed by atoms with Crippen molar-refractivity contribution >= 4 is 28.7 Å². The van der Waals surface area contributed by atoms with Gasteiger partial charge in [-0.05, 0) is 56.2 Å². The highest BCUT2D eigenvalue weighted by molar-refractivity contribution is 6.01. The number of ketones is 1. The lowest BCUT2D eigenvalue weighted by Crippen LogP contribution is -2.52. The summed E-state index contributed by atoms with van der Waals surface area (Å²) < 4.78 is 12.0. The molecule has 2 aromatic carbocycles. The van der Waals surface area contributed by atoms with Gasteiger partial charge in [0.1, 0.15) is 23.2 Å². The Kier molecular flexibility index (Phi) is 5.39. The second-order valence-corrected chi connectivity index (χ2v) is 9.52. The molecule has 0 bridgehead atoms. The molecule has 0 radical (unpaired) electrons. The lowest BCUT2D eigenvalue weighted by atomic mass is 9.81. The van der Waals surface area contributed by atoms with Crippen LogP contribution < -0.4 is 10.2 Å². The molecule has 1 spiro atoms. The largest absolute Gasteiger partial charge is 0.486 e. The SMILES string of the molecule is Cc1cc(C)c2c(c1)C(=O)CC1(CCN(C(=O)/C=C/c3coc4ccc(C)cc4c3=O)CC1)O2. The van der Waals surface area contributed by atoms with E-state index in [1.165, 1.54) is 18.4 Å². The molecule has 6 nitrogen and oxygen atoms in total. The maximum absolute atomic E-state index is 12.9. The van der Waals surface area contributed by atoms with Crippen molar-refractivity contribution in [3.63, 3.8) is 0 Å². The number of likely N-dealkylation sites (tertiary alicyclic amines) is 1. The van der Waals surface area contributed by atoms with Crippen LogP contribution in [0.15, 0.2) is 51.9 Å². The Balaban J connectivity index is 1.29. The van der Waals surface area contributed by atoms with Gasteiger partial charge in [0, 0.05) is 32.0 Å². The Labute approximate surface area is 197 Å². The number of Topliss-reactive ketones (excluding diaryl/α,β-unsaturated/α-hetero) is 1. The van der Waals surface area contributed by atoms with Gasteiger partial charge >= 0.3 is 0 Å². The van der Waals surface area contributed by atoms with E-state index in [0.717, 1.165) is 16.7 Å². The zero-order valence-electron chi connectivity index (χ0n) is 19.6. The summed E-state index contributed by atoms with van der Waals surface area (Å²) in [6, 6.07) is 9.37. The summed E-state index contributed by atoms with van der Waals surface area (Å²) in [6.07, 6.45) is 5.82. The summed E-state index contributed by atoms with van der Waals surface area (Å²) in [4.78, 5) is 40.2. The minimum Gasteiger partial charge on any atom is -0.486 e. The van der Waals surface area contributed by atoms with E-state index in [0.29, 0.717) is 60.2 Å². The molecule has 3 heterocycles. The molecule has 2 aliphatic rings. The molecule has 0 atom stereocenters. The van der Waals surface area contributed by atoms with Crippen LogP contribution in [0.2, 0.25) is 0 Å². The standard InChI is InChI=1S/C28H27NO5/c1-17-4-6-24-22(13-17)26(32)20(16-33-24)5-7-25(31)29-10-8-28(9-11-29)15-23(30)21-14-18(2)12-19(3)27(21)34-28/h4-7,12-14,16H,8-11,15H2,1-3H3/b7-5+. The number of carbonyl (C=O) groups excluding carboxylic acids is 2. The van der Waals surface area contributed by atoms with Crippen molar-refractivity contribution in [2.75, 3.05) is 13.1 Å². The first-order valence-corrected chi connectivity index (χ1v) is 11.6. The van der Waals surface area contributed by atoms with Gasteiger partial charge in [-0.2, -0.15) is 0 Å². The highest BCUT2D eigenvalue weighted by atomic mass is 16.5. The molecule has 3 aromatic rings. The number of amides is 1. The van der Waals surface area contributed by atoms with E-state index < -0.39 is 5.60 Å². The summed E-state index contributed by atoms with van der Waals surface area (Å²) in [7, 11) is 0. The van der Waals surface area contributed by atoms with Crippen molar-refractivity contribution in [2.24, 2.45) is 0 Å². The van der Waals surface area contributed by atoms with Gasteiger partial charge in [-0.1, -0.05) is 17.7 Å². The fraction of sp³-hybridized carbons (Fsp3) is 0.321. The molecule has 1 amide bonds. The lowest BCUT2D eigenvalue weighted by molar-refractivity contribution is -0.129. The van der Waals surface area contributed by atoms with Crippen molar-refractivity contribution in [3.05, 3.63) is 80.7 Å². The van der Waals surface area contributed by atoms with Crippen LogP contribution in [0.1, 0.15) is 51.9 Å². The van der Waals surface area contributed by atoms with Crippen molar-refractivity contribution in [3.8, 4) is 5.75 Å². The number of hydrogen-bond donors (Lipinski definition) is 0. The van der Waals surface area contributed by atoms with Crippen LogP contribution in [-0.4, -0.2) is 35.3 Å². The van der Waals surface area contributed by atoms with Gasteiger partial charge < -0.3 is 14.1 Å². The number of benzene rings is 2. The second-order valence-electron chi connectivity index (χ2n) is 9.52. The number of ether oxygens (including phenoxy) is 1. The topological polar surface area (TPSA) is 76.8 Å². The maximum Gasteiger partial charge on any atom is 0.246 e. The number of carbonyl (C=O) groups is 2. The van der Waals surface area contributed by atoms with Crippen molar-refractivity contribution in [2.45, 2.75) is 45.6 Å². The molecule has 6 heteroatoms. The summed E-state index contributed by atoms with van der Waals surface area (Å²) >= 11 is 0. The molecule has 34 heavy (non-hydrogen) atoms. The van der Waals surface area contributed by atoms with Gasteiger partial charge in [0.05, 0.1) is 22.9 Å². The Morgan fingerprint density at radius 3 is 2.56 bits per heavy atom. The average molecular weight is 458 g/mol. The molecule has 1 aromatic heterocycles. The van der Waals surface area contributed by atoms with Crippen LogP contribution in [0, 0.1) is 20.8 Å². The van der Waals surface area contributed by atoms with E-state index in [2.05, 4.69) is 0 Å². The molecule has 0 unspecified atom stereocenters. The molecular formula is C28H27NO5. The monoisotopic (exact) mass is 457 g/mol. The number of rotatable bonds is 2. The van der Waals surface area contributed by atoms with Gasteiger partial charge in [-0.15, -0.1) is 0 Å². The van der Waals surface area contributed by atoms with Gasteiger partial charge in [0.2, 0.25) is 5.91 Å². The van der Waals surface area contributed by atoms with Crippen molar-refractivity contribution < 1.29 is 18.7 Å². The van der Waals surface area contributed by atoms with Crippen LogP contribution >= 0.6 is 0 Å². The Hall–Kier alpha value is -3.67. The first-order valence-electron chi connectivity index (χ1n) is 11.6. The predicted molar refractivity (Wildman–Crippen MR) is 130 cm³/mol. The second kappa shape index (κ2) is 8.28. The van der Waals surface area contributed by atoms with E-state index >= 15 is 0 Å². The van der Waals surface area contributed by atoms with E-state index in [4.69, 9.17) is 9.15 Å². The minimum absolute atomic E-state index is 0.103. The molecule has 5 rings (SSSR count). The fourth-order valence-electron chi connectivity index (χ4n) is 4.99. The maximum atomic E-state index is 12.9. The number of piperidine rings is 1. The highest BCUT2D eigenvalue weighted by Crippen LogP contribution is 2.41. The van der Waals surface area contributed by atoms with Gasteiger partial charge in [-0.25, -0.2) is 0 Å². The van der Waals surface area contributed by atoms with E-state index in [1.807, 2.05) is 39.0 Å². The summed E-state index contributed by atoms with van der Waals surface area (Å²) in [5, 5.41) is 0.499. The summed E-state index contributed by atoms with van der Waals surface area (Å²) in [5.74, 6) is 0.610. The van der Waals surface area contributed by atoms with Crippen LogP contribution in [0.25, 0.3) is 17.0 Å². The molecule has 0 saturated carbocycles. The number of nitrogens with zero attached hydrogens (tertiary/aromatic N) is 1. The zero-order valence-corrected chi connectivity index (χ0v) is 19.6. The predicted octanol–water partition coefficient (Wildman–Crippen LogP) is 4.76. The van der Waals surface area contributed by atoms with Crippen molar-refractivity contribution in [1.29, 1.82) is 0 Å². The van der Waals surface area contributed by atoms with Crippen LogP contribution in [-0.2, 0) is 4.79 Å². The van der Waals surface area contributed by atoms with E-state index in [-0.39, 0.29) is 17.1 Å². The zero-order chi connectivity index (χ0) is 24.0. The van der Waals surface area contributed by atoms with E-state index in [9.17, 15) is 14.4 Å². The van der Waals surface area contributed by atoms with Gasteiger partial charge in [0.15, 0.2) is 11.2 Å². The van der Waals surface area contributed by atoms with Crippen molar-refractivity contribution in [1.82, 2.24) is 4.90 Å². The number of aryl methyl sites for hydroxylation is 3. The summed E-state index contributed by atoms with van der Waals surface area (Å²) in [6.45, 7) is 6.83. The number of hydrogen-bond acceptors (Lipinski definition) is 5. The molecule has 1 saturated heterocycles. The van der Waals surface area contributed by atoms with Crippen LogP contribution in [0.3, 0.4) is 0 Å². The molecule has 0 N–H and O–H groups in total. The number of fused-ring (bicyclic) bond motifs is 2. The van der Waals surface area contributed by atoms with Crippen LogP contribution in [0.4, 0.5) is 0 Å². The first kappa shape index (κ1) is 22.1. The third kappa shape index (κ3) is 3.94. The molecule has 0 aliphatic carbocycles. The molecule has 174 valence electrons. The first-order chi connectivity index (χ1) is 16.2. The van der Waals surface area contributed by atoms with Crippen LogP contribution in [0.5, 0.6) is 5.75 Å². The quantitative estimate of drug-likeness (QED) is 0.519. The molecule has 2 aliphatic heterocycles. The minimum atomic E-state index is -0.568. The molecule has 1 fully saturated rings. The highest BCUT2D eigenvalue weighted by Gasteiger charge is 2.44. The Morgan fingerprint density at radius 1 is 1.03 bits per heavy atom. The summed E-state index contributed by atoms with van der Waals surface area (Å²) in [5.41, 5.74) is 3.77. The lowest BCUT2D eigenvalue weighted by Gasteiger charge is -2.44. The normalized spacial score (nSPS) is 17.3. The van der Waals surface area contributed by atoms with Gasteiger partial charge in [-0.3, -0.25) is 14.4 Å². The van der Waals surface area contributed by atoms with Gasteiger partial charge in [0.25, 0.3) is 0 Å². The molecular weight excluding hydrogens is 430 g/mol. The smallest absolute Gasteiger partial charge is 0.246 e. The third-order valence-electron chi connectivity index (χ3n) is 6.87. The Bertz CT molecular complexity index is 1410. The average Bonchev–Trinajstić information content (AvgIpc) is 2.80. The third-order valence-corrected chi connectivity index (χ3v) is 6.87. The van der Waals surface area contributed by atoms with E-state index in [1.54, 1.807) is 17.0 Å². The Morgan fingerprint density at radius 2 is 1.79 bits per heavy atom.